The molecule has 0 saturated carbocycles. The zero-order valence-corrected chi connectivity index (χ0v) is 16.1. The molecular weight excluding hydrogens is 400 g/mol. The van der Waals surface area contributed by atoms with Crippen molar-refractivity contribution in [3.05, 3.63) is 42.4 Å². The smallest absolute Gasteiger partial charge is 0.289 e. The molecule has 0 aliphatic carbocycles. The predicted octanol–water partition coefficient (Wildman–Crippen LogP) is 0.707. The molecule has 2 aliphatic heterocycles. The number of furan rings is 1. The largest absolute Gasteiger partial charge is 0.459 e. The Balaban J connectivity index is 1.50. The minimum absolute atomic E-state index is 0.00138. The summed E-state index contributed by atoms with van der Waals surface area (Å²) in [6.07, 6.45) is 1.08. The van der Waals surface area contributed by atoms with Gasteiger partial charge in [0.25, 0.3) is 5.91 Å². The molecule has 3 amide bonds. The lowest BCUT2D eigenvalue weighted by molar-refractivity contribution is -0.123. The van der Waals surface area contributed by atoms with Crippen LogP contribution in [0.15, 0.2) is 45.9 Å². The van der Waals surface area contributed by atoms with Crippen LogP contribution in [-0.4, -0.2) is 61.5 Å². The molecule has 2 aromatic rings. The summed E-state index contributed by atoms with van der Waals surface area (Å²) in [7, 11) is -3.83. The van der Waals surface area contributed by atoms with E-state index in [0.717, 1.165) is 0 Å². The molecule has 1 saturated heterocycles. The van der Waals surface area contributed by atoms with Crippen molar-refractivity contribution in [1.82, 2.24) is 9.21 Å². The number of hydrogen-bond acceptors (Lipinski definition) is 6. The molecule has 0 bridgehead atoms. The third kappa shape index (κ3) is 3.74. The van der Waals surface area contributed by atoms with Gasteiger partial charge in [-0.05, 0) is 30.3 Å². The number of nitrogens with one attached hydrogen (secondary N) is 2. The standard InChI is InChI=1S/C18H18N4O6S/c23-16-11-17(24)20-14-10-12(3-4-13(14)19-16)29(26,27)22-7-5-21(6-8-22)18(25)15-2-1-9-28-15/h1-4,9-10H,5-8,11H2,(H,19,23)(H,20,24). The van der Waals surface area contributed by atoms with Crippen LogP contribution >= 0.6 is 0 Å². The monoisotopic (exact) mass is 418 g/mol. The van der Waals surface area contributed by atoms with E-state index >= 15 is 0 Å². The van der Waals surface area contributed by atoms with E-state index in [1.807, 2.05) is 0 Å². The number of sulfonamides is 1. The van der Waals surface area contributed by atoms with Crippen molar-refractivity contribution in [2.45, 2.75) is 11.3 Å². The number of amides is 3. The van der Waals surface area contributed by atoms with Crippen molar-refractivity contribution >= 4 is 39.1 Å². The van der Waals surface area contributed by atoms with Crippen LogP contribution in [0.1, 0.15) is 17.0 Å². The number of carbonyl (C=O) groups is 3. The first-order chi connectivity index (χ1) is 13.8. The fourth-order valence-corrected chi connectivity index (χ4v) is 4.72. The van der Waals surface area contributed by atoms with Crippen LogP contribution in [0.3, 0.4) is 0 Å². The molecule has 10 nitrogen and oxygen atoms in total. The number of hydrogen-bond donors (Lipinski definition) is 2. The molecule has 3 heterocycles. The van der Waals surface area contributed by atoms with Gasteiger partial charge in [0.05, 0.1) is 22.5 Å². The zero-order chi connectivity index (χ0) is 20.6. The first-order valence-electron chi connectivity index (χ1n) is 8.91. The minimum Gasteiger partial charge on any atom is -0.459 e. The van der Waals surface area contributed by atoms with Gasteiger partial charge in [-0.2, -0.15) is 4.31 Å². The van der Waals surface area contributed by atoms with Crippen LogP contribution in [0.5, 0.6) is 0 Å². The highest BCUT2D eigenvalue weighted by molar-refractivity contribution is 7.89. The minimum atomic E-state index is -3.83. The van der Waals surface area contributed by atoms with Crippen LogP contribution in [0.4, 0.5) is 11.4 Å². The number of rotatable bonds is 3. The Hall–Kier alpha value is -3.18. The van der Waals surface area contributed by atoms with E-state index < -0.39 is 21.8 Å². The fraction of sp³-hybridized carbons (Fsp3) is 0.278. The molecular formula is C18H18N4O6S. The van der Waals surface area contributed by atoms with E-state index in [4.69, 9.17) is 4.42 Å². The second-order valence-electron chi connectivity index (χ2n) is 6.65. The second-order valence-corrected chi connectivity index (χ2v) is 8.59. The van der Waals surface area contributed by atoms with E-state index in [0.29, 0.717) is 5.69 Å². The summed E-state index contributed by atoms with van der Waals surface area (Å²) in [4.78, 5) is 37.2. The van der Waals surface area contributed by atoms with E-state index in [2.05, 4.69) is 10.6 Å². The molecule has 0 unspecified atom stereocenters. The van der Waals surface area contributed by atoms with Gasteiger partial charge in [-0.1, -0.05) is 0 Å². The van der Waals surface area contributed by atoms with Gasteiger partial charge < -0.3 is 20.0 Å². The topological polar surface area (TPSA) is 129 Å². The van der Waals surface area contributed by atoms with Crippen LogP contribution in [0.2, 0.25) is 0 Å². The molecule has 1 aromatic carbocycles. The highest BCUT2D eigenvalue weighted by Crippen LogP contribution is 2.29. The average Bonchev–Trinajstić information content (AvgIpc) is 3.18. The molecule has 152 valence electrons. The lowest BCUT2D eigenvalue weighted by Gasteiger charge is -2.33. The maximum Gasteiger partial charge on any atom is 0.289 e. The summed E-state index contributed by atoms with van der Waals surface area (Å²) in [6, 6.07) is 7.34. The normalized spacial score (nSPS) is 17.9. The average molecular weight is 418 g/mol. The van der Waals surface area contributed by atoms with Crippen molar-refractivity contribution in [1.29, 1.82) is 0 Å². The summed E-state index contributed by atoms with van der Waals surface area (Å²) < 4.78 is 32.4. The lowest BCUT2D eigenvalue weighted by Crippen LogP contribution is -2.50. The van der Waals surface area contributed by atoms with Gasteiger partial charge in [0.1, 0.15) is 6.42 Å². The zero-order valence-electron chi connectivity index (χ0n) is 15.3. The van der Waals surface area contributed by atoms with Crippen molar-refractivity contribution < 1.29 is 27.2 Å². The molecule has 0 atom stereocenters. The van der Waals surface area contributed by atoms with Gasteiger partial charge in [-0.25, -0.2) is 8.42 Å². The van der Waals surface area contributed by atoms with Crippen molar-refractivity contribution in [2.24, 2.45) is 0 Å². The highest BCUT2D eigenvalue weighted by Gasteiger charge is 2.32. The van der Waals surface area contributed by atoms with Crippen LogP contribution in [0.25, 0.3) is 0 Å². The van der Waals surface area contributed by atoms with Crippen molar-refractivity contribution in [3.63, 3.8) is 0 Å². The maximum atomic E-state index is 13.0. The van der Waals surface area contributed by atoms with Crippen molar-refractivity contribution in [3.8, 4) is 0 Å². The third-order valence-electron chi connectivity index (χ3n) is 4.76. The van der Waals surface area contributed by atoms with Gasteiger partial charge in [0, 0.05) is 26.2 Å². The SMILES string of the molecule is O=C1CC(=O)Nc2cc(S(=O)(=O)N3CCN(C(=O)c4ccco4)CC3)ccc2N1. The number of carbonyl (C=O) groups excluding carboxylic acids is 3. The van der Waals surface area contributed by atoms with E-state index in [-0.39, 0.29) is 54.9 Å². The first kappa shape index (κ1) is 19.2. The number of nitrogens with zero attached hydrogens (tertiary/aromatic N) is 2. The van der Waals surface area contributed by atoms with Gasteiger partial charge in [0.15, 0.2) is 5.76 Å². The Morgan fingerprint density at radius 1 is 0.966 bits per heavy atom. The van der Waals surface area contributed by atoms with Crippen LogP contribution in [-0.2, 0) is 19.6 Å². The molecule has 2 N–H and O–H groups in total. The number of benzene rings is 1. The van der Waals surface area contributed by atoms with Crippen LogP contribution < -0.4 is 10.6 Å². The van der Waals surface area contributed by atoms with Crippen LogP contribution in [0, 0.1) is 0 Å². The molecule has 0 radical (unpaired) electrons. The lowest BCUT2D eigenvalue weighted by atomic mass is 10.2. The summed E-state index contributed by atoms with van der Waals surface area (Å²) >= 11 is 0. The molecule has 1 fully saturated rings. The molecule has 11 heteroatoms. The fourth-order valence-electron chi connectivity index (χ4n) is 3.27. The molecule has 4 rings (SSSR count). The third-order valence-corrected chi connectivity index (χ3v) is 6.65. The molecule has 0 spiro atoms. The number of fused-ring (bicyclic) bond motifs is 1. The summed E-state index contributed by atoms with van der Waals surface area (Å²) in [5.74, 6) is -1.05. The Morgan fingerprint density at radius 3 is 2.31 bits per heavy atom. The van der Waals surface area contributed by atoms with Gasteiger partial charge in [-0.15, -0.1) is 0 Å². The summed E-state index contributed by atoms with van der Waals surface area (Å²) in [5.41, 5.74) is 0.572. The summed E-state index contributed by atoms with van der Waals surface area (Å²) in [6.45, 7) is 0.733. The maximum absolute atomic E-state index is 13.0. The van der Waals surface area contributed by atoms with Gasteiger partial charge in [-0.3, -0.25) is 14.4 Å². The second kappa shape index (κ2) is 7.33. The van der Waals surface area contributed by atoms with E-state index in [1.54, 1.807) is 12.1 Å². The number of piperazine rings is 1. The van der Waals surface area contributed by atoms with Gasteiger partial charge >= 0.3 is 0 Å². The Labute approximate surface area is 166 Å². The summed E-state index contributed by atoms with van der Waals surface area (Å²) in [5, 5.41) is 5.10. The highest BCUT2D eigenvalue weighted by atomic mass is 32.2. The van der Waals surface area contributed by atoms with E-state index in [1.165, 1.54) is 33.7 Å². The predicted molar refractivity (Wildman–Crippen MR) is 102 cm³/mol. The number of anilines is 2. The van der Waals surface area contributed by atoms with Gasteiger partial charge in [0.2, 0.25) is 21.8 Å². The van der Waals surface area contributed by atoms with Crippen molar-refractivity contribution in [2.75, 3.05) is 36.8 Å². The molecule has 2 aliphatic rings. The van der Waals surface area contributed by atoms with E-state index in [9.17, 15) is 22.8 Å². The Bertz CT molecular complexity index is 1070. The quantitative estimate of drug-likeness (QED) is 0.706. The molecule has 1 aromatic heterocycles. The molecule has 29 heavy (non-hydrogen) atoms. The Kier molecular flexibility index (Phi) is 4.84. The Morgan fingerprint density at radius 2 is 1.66 bits per heavy atom. The first-order valence-corrected chi connectivity index (χ1v) is 10.4.